The number of carbonyl (C=O) groups is 1. The molecule has 126 valence electrons. The van der Waals surface area contributed by atoms with Gasteiger partial charge in [-0.1, -0.05) is 0 Å². The van der Waals surface area contributed by atoms with E-state index in [4.69, 9.17) is 0 Å². The Bertz CT molecular complexity index is 908. The van der Waals surface area contributed by atoms with Gasteiger partial charge in [-0.05, 0) is 42.7 Å². The number of benzene rings is 2. The molecular formula is C17H14N4O3S. The molecule has 1 heterocycles. The Morgan fingerprint density at radius 3 is 2.60 bits per heavy atom. The average Bonchev–Trinajstić information content (AvgIpc) is 3.16. The largest absolute Gasteiger partial charge is 0.322 e. The van der Waals surface area contributed by atoms with E-state index in [-0.39, 0.29) is 11.3 Å². The molecule has 1 aromatic heterocycles. The Hall–Kier alpha value is -3.13. The number of rotatable bonds is 5. The molecular weight excluding hydrogens is 340 g/mol. The van der Waals surface area contributed by atoms with E-state index in [9.17, 15) is 14.9 Å². The van der Waals surface area contributed by atoms with Crippen molar-refractivity contribution in [3.8, 4) is 5.69 Å². The zero-order valence-corrected chi connectivity index (χ0v) is 14.1. The summed E-state index contributed by atoms with van der Waals surface area (Å²) in [5.41, 5.74) is 1.27. The van der Waals surface area contributed by atoms with Gasteiger partial charge in [-0.25, -0.2) is 4.98 Å². The maximum Gasteiger partial charge on any atom is 0.282 e. The second-order valence-corrected chi connectivity index (χ2v) is 5.99. The summed E-state index contributed by atoms with van der Waals surface area (Å²) >= 11 is 1.42. The zero-order valence-electron chi connectivity index (χ0n) is 13.2. The van der Waals surface area contributed by atoms with Gasteiger partial charge in [0.25, 0.3) is 11.6 Å². The Labute approximate surface area is 147 Å². The van der Waals surface area contributed by atoms with Crippen LogP contribution in [-0.4, -0.2) is 26.6 Å². The van der Waals surface area contributed by atoms with Crippen molar-refractivity contribution in [3.05, 3.63) is 76.9 Å². The third-order valence-corrected chi connectivity index (χ3v) is 4.30. The Balaban J connectivity index is 1.83. The first-order chi connectivity index (χ1) is 12.1. The van der Waals surface area contributed by atoms with Gasteiger partial charge in [-0.3, -0.25) is 14.9 Å². The minimum Gasteiger partial charge on any atom is -0.322 e. The fraction of sp³-hybridized carbons (Fsp3) is 0.0588. The first-order valence-electron chi connectivity index (χ1n) is 7.30. The monoisotopic (exact) mass is 354 g/mol. The normalized spacial score (nSPS) is 10.4. The van der Waals surface area contributed by atoms with Crippen molar-refractivity contribution in [2.75, 3.05) is 11.6 Å². The molecule has 1 N–H and O–H groups in total. The van der Waals surface area contributed by atoms with Gasteiger partial charge in [0.15, 0.2) is 0 Å². The number of nitrogens with one attached hydrogen (secondary N) is 1. The van der Waals surface area contributed by atoms with E-state index in [0.29, 0.717) is 5.69 Å². The van der Waals surface area contributed by atoms with E-state index in [0.717, 1.165) is 10.6 Å². The van der Waals surface area contributed by atoms with Crippen molar-refractivity contribution < 1.29 is 9.72 Å². The van der Waals surface area contributed by atoms with E-state index < -0.39 is 10.8 Å². The van der Waals surface area contributed by atoms with Crippen molar-refractivity contribution in [3.63, 3.8) is 0 Å². The molecule has 25 heavy (non-hydrogen) atoms. The SMILES string of the molecule is CSc1ccc([N+](=O)[O-])c(C(=O)Nc2ccc(-n3ccnc3)cc2)c1. The van der Waals surface area contributed by atoms with E-state index >= 15 is 0 Å². The van der Waals surface area contributed by atoms with Gasteiger partial charge in [0.1, 0.15) is 5.56 Å². The standard InChI is InChI=1S/C17H14N4O3S/c1-25-14-6-7-16(21(23)24)15(10-14)17(22)19-12-2-4-13(5-3-12)20-9-8-18-11-20/h2-11H,1H3,(H,19,22). The lowest BCUT2D eigenvalue weighted by Crippen LogP contribution is -2.14. The predicted molar refractivity (Wildman–Crippen MR) is 96.4 cm³/mol. The Kier molecular flexibility index (Phi) is 4.80. The molecule has 0 saturated heterocycles. The number of amides is 1. The quantitative estimate of drug-likeness (QED) is 0.428. The Morgan fingerprint density at radius 2 is 2.00 bits per heavy atom. The van der Waals surface area contributed by atoms with Crippen LogP contribution in [0.15, 0.2) is 66.1 Å². The predicted octanol–water partition coefficient (Wildman–Crippen LogP) is 3.75. The van der Waals surface area contributed by atoms with Gasteiger partial charge in [-0.15, -0.1) is 11.8 Å². The van der Waals surface area contributed by atoms with Crippen molar-refractivity contribution in [2.45, 2.75) is 4.90 Å². The van der Waals surface area contributed by atoms with Crippen LogP contribution in [0.25, 0.3) is 5.69 Å². The zero-order chi connectivity index (χ0) is 17.8. The summed E-state index contributed by atoms with van der Waals surface area (Å²) in [6.07, 6.45) is 7.00. The highest BCUT2D eigenvalue weighted by Gasteiger charge is 2.20. The number of nitrogens with zero attached hydrogens (tertiary/aromatic N) is 3. The van der Waals surface area contributed by atoms with E-state index in [1.165, 1.54) is 23.9 Å². The smallest absolute Gasteiger partial charge is 0.282 e. The summed E-state index contributed by atoms with van der Waals surface area (Å²) < 4.78 is 1.83. The highest BCUT2D eigenvalue weighted by Crippen LogP contribution is 2.26. The topological polar surface area (TPSA) is 90.1 Å². The molecule has 7 nitrogen and oxygen atoms in total. The van der Waals surface area contributed by atoms with Crippen molar-refractivity contribution >= 4 is 29.0 Å². The van der Waals surface area contributed by atoms with Gasteiger partial charge in [0, 0.05) is 34.7 Å². The van der Waals surface area contributed by atoms with Crippen LogP contribution in [0.5, 0.6) is 0 Å². The number of nitro groups is 1. The van der Waals surface area contributed by atoms with Crippen molar-refractivity contribution in [2.24, 2.45) is 0 Å². The molecule has 0 aliphatic carbocycles. The van der Waals surface area contributed by atoms with Crippen molar-refractivity contribution in [1.29, 1.82) is 0 Å². The summed E-state index contributed by atoms with van der Waals surface area (Å²) in [5.74, 6) is -0.516. The molecule has 0 spiro atoms. The number of nitro benzene ring substituents is 1. The van der Waals surface area contributed by atoms with Crippen LogP contribution in [0.3, 0.4) is 0 Å². The molecule has 0 aliphatic heterocycles. The Morgan fingerprint density at radius 1 is 1.24 bits per heavy atom. The van der Waals surface area contributed by atoms with Crippen LogP contribution in [0.4, 0.5) is 11.4 Å². The molecule has 0 unspecified atom stereocenters. The lowest BCUT2D eigenvalue weighted by Gasteiger charge is -2.08. The molecule has 0 aliphatic rings. The number of hydrogen-bond acceptors (Lipinski definition) is 5. The highest BCUT2D eigenvalue weighted by atomic mass is 32.2. The molecule has 0 atom stereocenters. The van der Waals surface area contributed by atoms with E-state index in [2.05, 4.69) is 10.3 Å². The van der Waals surface area contributed by atoms with Gasteiger partial charge < -0.3 is 9.88 Å². The molecule has 0 radical (unpaired) electrons. The number of hydrogen-bond donors (Lipinski definition) is 1. The van der Waals surface area contributed by atoms with E-state index in [1.54, 1.807) is 30.7 Å². The summed E-state index contributed by atoms with van der Waals surface area (Å²) in [6.45, 7) is 0. The molecule has 1 amide bonds. The van der Waals surface area contributed by atoms with Gasteiger partial charge in [0.05, 0.1) is 11.3 Å². The summed E-state index contributed by atoms with van der Waals surface area (Å²) in [4.78, 5) is 27.9. The fourth-order valence-electron chi connectivity index (χ4n) is 2.31. The van der Waals surface area contributed by atoms with Crippen LogP contribution >= 0.6 is 11.8 Å². The molecule has 3 aromatic rings. The fourth-order valence-corrected chi connectivity index (χ4v) is 2.75. The summed E-state index contributed by atoms with van der Waals surface area (Å²) in [7, 11) is 0. The third-order valence-electron chi connectivity index (χ3n) is 3.57. The van der Waals surface area contributed by atoms with Crippen LogP contribution in [0.2, 0.25) is 0 Å². The second kappa shape index (κ2) is 7.18. The number of imidazole rings is 1. The molecule has 8 heteroatoms. The summed E-state index contributed by atoms with van der Waals surface area (Å²) in [6, 6.07) is 11.6. The minimum absolute atomic E-state index is 0.0375. The second-order valence-electron chi connectivity index (χ2n) is 5.11. The lowest BCUT2D eigenvalue weighted by molar-refractivity contribution is -0.385. The van der Waals surface area contributed by atoms with Gasteiger partial charge >= 0.3 is 0 Å². The molecule has 3 rings (SSSR count). The van der Waals surface area contributed by atoms with Crippen LogP contribution in [-0.2, 0) is 0 Å². The lowest BCUT2D eigenvalue weighted by atomic mass is 10.1. The summed E-state index contributed by atoms with van der Waals surface area (Å²) in [5, 5.41) is 13.9. The van der Waals surface area contributed by atoms with E-state index in [1.807, 2.05) is 29.2 Å². The average molecular weight is 354 g/mol. The van der Waals surface area contributed by atoms with Crippen LogP contribution < -0.4 is 5.32 Å². The number of carbonyl (C=O) groups excluding carboxylic acids is 1. The van der Waals surface area contributed by atoms with Crippen LogP contribution in [0, 0.1) is 10.1 Å². The maximum atomic E-state index is 12.5. The molecule has 0 saturated carbocycles. The molecule has 0 fully saturated rings. The van der Waals surface area contributed by atoms with Gasteiger partial charge in [0.2, 0.25) is 0 Å². The van der Waals surface area contributed by atoms with Crippen molar-refractivity contribution in [1.82, 2.24) is 9.55 Å². The maximum absolute atomic E-state index is 12.5. The van der Waals surface area contributed by atoms with Gasteiger partial charge in [-0.2, -0.15) is 0 Å². The third kappa shape index (κ3) is 3.69. The highest BCUT2D eigenvalue weighted by molar-refractivity contribution is 7.98. The molecule has 0 bridgehead atoms. The number of aromatic nitrogens is 2. The number of thioether (sulfide) groups is 1. The minimum atomic E-state index is -0.554. The number of anilines is 1. The first kappa shape index (κ1) is 16.7. The molecule has 2 aromatic carbocycles. The van der Waals surface area contributed by atoms with Crippen LogP contribution in [0.1, 0.15) is 10.4 Å². The first-order valence-corrected chi connectivity index (χ1v) is 8.53.